The number of aromatic hydroxyl groups is 1. The van der Waals surface area contributed by atoms with Crippen LogP contribution >= 0.6 is 11.6 Å². The molecule has 1 fully saturated rings. The van der Waals surface area contributed by atoms with Crippen molar-refractivity contribution in [2.45, 2.75) is 122 Å². The van der Waals surface area contributed by atoms with Crippen molar-refractivity contribution in [1.82, 2.24) is 15.6 Å². The van der Waals surface area contributed by atoms with Crippen molar-refractivity contribution in [3.05, 3.63) is 117 Å². The van der Waals surface area contributed by atoms with Gasteiger partial charge in [-0.1, -0.05) is 80.9 Å². The number of hydrogen-bond donors (Lipinski definition) is 6. The summed E-state index contributed by atoms with van der Waals surface area (Å²) in [6, 6.07) is 25.2. The Morgan fingerprint density at radius 1 is 0.855 bits per heavy atom. The first-order chi connectivity index (χ1) is 32.6. The summed E-state index contributed by atoms with van der Waals surface area (Å²) in [6.45, 7) is 17.1. The van der Waals surface area contributed by atoms with E-state index in [0.717, 1.165) is 27.8 Å². The summed E-state index contributed by atoms with van der Waals surface area (Å²) in [5, 5.41) is 23.5. The number of amides is 3. The Hall–Kier alpha value is -6.07. The third kappa shape index (κ3) is 14.5. The van der Waals surface area contributed by atoms with Crippen molar-refractivity contribution in [2.24, 2.45) is 0 Å². The molecule has 370 valence electrons. The minimum Gasteiger partial charge on any atom is -0.506 e. The highest BCUT2D eigenvalue weighted by molar-refractivity contribution is 6.74. The van der Waals surface area contributed by atoms with Crippen molar-refractivity contribution in [2.75, 3.05) is 30.9 Å². The van der Waals surface area contributed by atoms with Gasteiger partial charge in [0.15, 0.2) is 8.32 Å². The number of hydrogen-bond acceptors (Lipinski definition) is 11. The SMILES string of the molecule is COc1cc(NC(=O)OCCc2ccc(-c3ccccc3)c(NC(=O)OC3CCC(NC(=O)OC(C)(C)C)CC3)c2)c(Cl)cc1CNCC(O[Si](C)(C)C(C)(C)C)c1ccc(O)c2[nH]c(=O)ccc12. The Morgan fingerprint density at radius 2 is 1.57 bits per heavy atom. The number of carbonyl (C=O) groups excluding carboxylic acids is 3. The van der Waals surface area contributed by atoms with E-state index in [-0.39, 0.29) is 40.1 Å². The Labute approximate surface area is 410 Å². The third-order valence-corrected chi connectivity index (χ3v) is 17.2. The molecule has 0 aliphatic heterocycles. The molecular weight excluding hydrogens is 918 g/mol. The second-order valence-corrected chi connectivity index (χ2v) is 25.0. The lowest BCUT2D eigenvalue weighted by Crippen LogP contribution is -2.43. The molecule has 6 N–H and O–H groups in total. The molecule has 3 amide bonds. The lowest BCUT2D eigenvalue weighted by atomic mass is 9.93. The van der Waals surface area contributed by atoms with Crippen molar-refractivity contribution in [1.29, 1.82) is 0 Å². The maximum atomic E-state index is 13.3. The van der Waals surface area contributed by atoms with Gasteiger partial charge in [-0.2, -0.15) is 0 Å². The molecule has 17 heteroatoms. The summed E-state index contributed by atoms with van der Waals surface area (Å²) in [4.78, 5) is 53.6. The fourth-order valence-electron chi connectivity index (χ4n) is 7.86. The number of nitrogens with one attached hydrogen (secondary N) is 5. The highest BCUT2D eigenvalue weighted by atomic mass is 35.5. The van der Waals surface area contributed by atoms with Gasteiger partial charge < -0.3 is 44.1 Å². The van der Waals surface area contributed by atoms with E-state index in [0.29, 0.717) is 73.2 Å². The molecule has 1 aliphatic carbocycles. The smallest absolute Gasteiger partial charge is 0.411 e. The van der Waals surface area contributed by atoms with Crippen LogP contribution in [0.25, 0.3) is 22.0 Å². The quantitative estimate of drug-likeness (QED) is 0.0406. The van der Waals surface area contributed by atoms with E-state index in [1.807, 2.05) is 75.4 Å². The van der Waals surface area contributed by atoms with Gasteiger partial charge in [0, 0.05) is 54.2 Å². The van der Waals surface area contributed by atoms with E-state index in [2.05, 4.69) is 60.1 Å². The van der Waals surface area contributed by atoms with E-state index >= 15 is 0 Å². The molecule has 4 aromatic carbocycles. The summed E-state index contributed by atoms with van der Waals surface area (Å²) in [5.74, 6) is 0.457. The minimum atomic E-state index is -2.31. The maximum absolute atomic E-state index is 13.3. The van der Waals surface area contributed by atoms with Crippen molar-refractivity contribution >= 4 is 60.5 Å². The summed E-state index contributed by atoms with van der Waals surface area (Å²) in [5.41, 5.74) is 4.36. The van der Waals surface area contributed by atoms with Crippen LogP contribution in [0, 0.1) is 0 Å². The molecule has 6 rings (SSSR count). The molecule has 0 spiro atoms. The molecule has 1 heterocycles. The van der Waals surface area contributed by atoms with Crippen LogP contribution in [-0.4, -0.2) is 74.7 Å². The number of anilines is 2. The molecule has 1 atom stereocenters. The predicted molar refractivity (Wildman–Crippen MR) is 273 cm³/mol. The monoisotopic (exact) mass is 983 g/mol. The number of H-pyrrole nitrogens is 1. The molecule has 1 unspecified atom stereocenters. The zero-order chi connectivity index (χ0) is 50.1. The Bertz CT molecular complexity index is 2660. The molecule has 0 bridgehead atoms. The highest BCUT2D eigenvalue weighted by Gasteiger charge is 2.40. The number of phenolic OH excluding ortho intramolecular Hbond substituents is 1. The van der Waals surface area contributed by atoms with Crippen LogP contribution in [0.15, 0.2) is 89.7 Å². The van der Waals surface area contributed by atoms with E-state index in [4.69, 9.17) is 35.0 Å². The number of fused-ring (bicyclic) bond motifs is 1. The summed E-state index contributed by atoms with van der Waals surface area (Å²) < 4.78 is 29.5. The van der Waals surface area contributed by atoms with Crippen LogP contribution in [0.3, 0.4) is 0 Å². The van der Waals surface area contributed by atoms with Gasteiger partial charge in [-0.15, -0.1) is 0 Å². The molecule has 5 aromatic rings. The number of carbonyl (C=O) groups is 3. The summed E-state index contributed by atoms with van der Waals surface area (Å²) >= 11 is 6.74. The Kier molecular flexibility index (Phi) is 17.1. The van der Waals surface area contributed by atoms with Crippen molar-refractivity contribution < 1.29 is 42.9 Å². The number of benzene rings is 4. The van der Waals surface area contributed by atoms with Crippen LogP contribution in [-0.2, 0) is 31.6 Å². The minimum absolute atomic E-state index is 0.0256. The second-order valence-electron chi connectivity index (χ2n) is 19.8. The van der Waals surface area contributed by atoms with Crippen molar-refractivity contribution in [3.63, 3.8) is 0 Å². The van der Waals surface area contributed by atoms with Crippen LogP contribution in [0.2, 0.25) is 23.2 Å². The maximum Gasteiger partial charge on any atom is 0.411 e. The van der Waals surface area contributed by atoms with Crippen LogP contribution in [0.1, 0.15) is 90.0 Å². The van der Waals surface area contributed by atoms with Crippen molar-refractivity contribution in [3.8, 4) is 22.6 Å². The van der Waals surface area contributed by atoms with Crippen LogP contribution in [0.5, 0.6) is 11.5 Å². The number of ether oxygens (including phenoxy) is 4. The van der Waals surface area contributed by atoms with E-state index in [9.17, 15) is 24.3 Å². The molecule has 1 saturated carbocycles. The predicted octanol–water partition coefficient (Wildman–Crippen LogP) is 11.6. The first-order valence-electron chi connectivity index (χ1n) is 23.3. The summed E-state index contributed by atoms with van der Waals surface area (Å²) in [6.07, 6.45) is 0.358. The largest absolute Gasteiger partial charge is 0.506 e. The Morgan fingerprint density at radius 3 is 2.25 bits per heavy atom. The van der Waals surface area contributed by atoms with Gasteiger partial charge >= 0.3 is 18.3 Å². The van der Waals surface area contributed by atoms with Gasteiger partial charge in [0.25, 0.3) is 0 Å². The van der Waals surface area contributed by atoms with Gasteiger partial charge in [-0.05, 0) is 106 Å². The van der Waals surface area contributed by atoms with E-state index in [1.54, 1.807) is 24.3 Å². The second kappa shape index (κ2) is 22.6. The number of phenols is 1. The lowest BCUT2D eigenvalue weighted by Gasteiger charge is -2.39. The van der Waals surface area contributed by atoms with Gasteiger partial charge in [0.05, 0.1) is 41.7 Å². The first kappa shape index (κ1) is 52.3. The fraction of sp³-hybridized carbons (Fsp3) is 0.423. The molecule has 69 heavy (non-hydrogen) atoms. The van der Waals surface area contributed by atoms with Gasteiger partial charge in [0.2, 0.25) is 5.56 Å². The van der Waals surface area contributed by atoms with E-state index in [1.165, 1.54) is 13.2 Å². The Balaban J connectivity index is 1.05. The number of aromatic amines is 1. The topological polar surface area (TPSA) is 199 Å². The molecule has 15 nitrogen and oxygen atoms in total. The zero-order valence-electron chi connectivity index (χ0n) is 41.0. The summed E-state index contributed by atoms with van der Waals surface area (Å²) in [7, 11) is -0.780. The number of methoxy groups -OCH3 is 1. The lowest BCUT2D eigenvalue weighted by molar-refractivity contribution is 0.0440. The molecule has 1 aromatic heterocycles. The normalized spacial score (nSPS) is 15.7. The molecular formula is C52H66ClN5O10Si. The van der Waals surface area contributed by atoms with Gasteiger partial charge in [-0.25, -0.2) is 14.4 Å². The number of rotatable bonds is 16. The molecule has 0 radical (unpaired) electrons. The van der Waals surface area contributed by atoms with Crippen LogP contribution < -0.4 is 31.6 Å². The van der Waals surface area contributed by atoms with Crippen LogP contribution in [0.4, 0.5) is 25.8 Å². The average molecular weight is 985 g/mol. The standard InChI is InChI=1S/C52H66ClN5O10Si/c1-51(2,3)67-50(63)55-35-16-18-36(19-17-35)66-49(62)56-41-27-32(15-20-37(41)33-13-11-10-12-14-33)25-26-65-48(61)57-42-29-44(64-7)34(28-40(42)53)30-54-31-45(68-69(8,9)52(4,5)6)38-21-23-43(59)47-39(38)22-24-46(60)58-47/h10-15,20-24,27-29,35-36,45,54,59H,16-19,25-26,30-31H2,1-9H3,(H,55,63)(H,56,62)(H,57,61)(H,58,60). The average Bonchev–Trinajstić information content (AvgIpc) is 3.27. The van der Waals surface area contributed by atoms with Gasteiger partial charge in [0.1, 0.15) is 23.2 Å². The number of aromatic nitrogens is 1. The molecule has 0 saturated heterocycles. The van der Waals surface area contributed by atoms with Gasteiger partial charge in [-0.3, -0.25) is 15.4 Å². The number of pyridine rings is 1. The van der Waals surface area contributed by atoms with E-state index < -0.39 is 38.3 Å². The fourth-order valence-corrected chi connectivity index (χ4v) is 9.37. The molecule has 1 aliphatic rings. The number of halogens is 1. The number of alkyl carbamates (subject to hydrolysis) is 1. The third-order valence-electron chi connectivity index (χ3n) is 12.4. The highest BCUT2D eigenvalue weighted by Crippen LogP contribution is 2.41. The first-order valence-corrected chi connectivity index (χ1v) is 26.6. The zero-order valence-corrected chi connectivity index (χ0v) is 42.7.